The molecule has 1 amide bonds. The molecule has 0 atom stereocenters. The summed E-state index contributed by atoms with van der Waals surface area (Å²) in [7, 11) is 0. The zero-order valence-electron chi connectivity index (χ0n) is 18.1. The van der Waals surface area contributed by atoms with Crippen molar-refractivity contribution >= 4 is 40.7 Å². The van der Waals surface area contributed by atoms with Crippen LogP contribution in [0.4, 0.5) is 5.69 Å². The van der Waals surface area contributed by atoms with E-state index in [1.54, 1.807) is 13.8 Å². The largest absolute Gasteiger partial charge is 0.480 e. The van der Waals surface area contributed by atoms with E-state index in [1.807, 2.05) is 84.9 Å². The van der Waals surface area contributed by atoms with Crippen molar-refractivity contribution in [1.29, 1.82) is 0 Å². The summed E-state index contributed by atoms with van der Waals surface area (Å²) in [5, 5.41) is 13.0. The van der Waals surface area contributed by atoms with Gasteiger partial charge in [-0.3, -0.25) is 9.59 Å². The van der Waals surface area contributed by atoms with Crippen molar-refractivity contribution < 1.29 is 14.7 Å². The Morgan fingerprint density at radius 2 is 1.48 bits per heavy atom. The summed E-state index contributed by atoms with van der Waals surface area (Å²) in [5.74, 6) is -1.13. The van der Waals surface area contributed by atoms with E-state index in [0.29, 0.717) is 11.4 Å². The first kappa shape index (κ1) is 22.8. The van der Waals surface area contributed by atoms with Crippen LogP contribution in [0.3, 0.4) is 0 Å². The van der Waals surface area contributed by atoms with E-state index in [1.165, 1.54) is 23.1 Å². The van der Waals surface area contributed by atoms with Crippen molar-refractivity contribution in [1.82, 2.24) is 4.98 Å². The van der Waals surface area contributed by atoms with Gasteiger partial charge < -0.3 is 10.4 Å². The second kappa shape index (κ2) is 9.60. The van der Waals surface area contributed by atoms with Crippen LogP contribution in [0.15, 0.2) is 89.8 Å². The third-order valence-electron chi connectivity index (χ3n) is 4.90. The number of hydrogen-bond acceptors (Lipinski definition) is 5. The molecule has 0 aliphatic rings. The van der Waals surface area contributed by atoms with E-state index in [-0.39, 0.29) is 5.91 Å². The van der Waals surface area contributed by atoms with Gasteiger partial charge in [0.05, 0.1) is 4.88 Å². The maximum absolute atomic E-state index is 13.1. The van der Waals surface area contributed by atoms with Crippen LogP contribution in [-0.2, 0) is 4.79 Å². The molecule has 2 N–H and O–H groups in total. The zero-order chi connectivity index (χ0) is 23.4. The zero-order valence-corrected chi connectivity index (χ0v) is 19.7. The van der Waals surface area contributed by atoms with Gasteiger partial charge in [-0.1, -0.05) is 60.7 Å². The minimum atomic E-state index is -0.925. The Labute approximate surface area is 200 Å². The van der Waals surface area contributed by atoms with Gasteiger partial charge >= 0.3 is 5.97 Å². The predicted molar refractivity (Wildman–Crippen MR) is 135 cm³/mol. The summed E-state index contributed by atoms with van der Waals surface area (Å²) < 4.78 is -0.925. The summed E-state index contributed by atoms with van der Waals surface area (Å²) in [4.78, 5) is 30.9. The van der Waals surface area contributed by atoms with Crippen molar-refractivity contribution in [2.45, 2.75) is 23.5 Å². The van der Waals surface area contributed by atoms with Crippen LogP contribution in [0, 0.1) is 0 Å². The highest BCUT2D eigenvalue weighted by Crippen LogP contribution is 2.38. The molecule has 33 heavy (non-hydrogen) atoms. The number of thioether (sulfide) groups is 1. The summed E-state index contributed by atoms with van der Waals surface area (Å²) in [6, 6.07) is 26.6. The first-order valence-electron chi connectivity index (χ1n) is 10.3. The normalized spacial score (nSPS) is 11.2. The molecule has 0 aliphatic heterocycles. The molecule has 4 aromatic rings. The van der Waals surface area contributed by atoms with E-state index < -0.39 is 10.7 Å². The monoisotopic (exact) mass is 474 g/mol. The van der Waals surface area contributed by atoms with Crippen LogP contribution in [0.2, 0.25) is 0 Å². The number of carboxylic acids is 1. The molecule has 7 heteroatoms. The van der Waals surface area contributed by atoms with E-state index >= 15 is 0 Å². The lowest BCUT2D eigenvalue weighted by Crippen LogP contribution is -2.26. The highest BCUT2D eigenvalue weighted by Gasteiger charge is 2.28. The number of hydrogen-bond donors (Lipinski definition) is 2. The Hall–Kier alpha value is -3.42. The predicted octanol–water partition coefficient (Wildman–Crippen LogP) is 6.68. The van der Waals surface area contributed by atoms with E-state index in [4.69, 9.17) is 4.98 Å². The van der Waals surface area contributed by atoms with Crippen LogP contribution < -0.4 is 5.32 Å². The maximum Gasteiger partial charge on any atom is 0.319 e. The standard InChI is InChI=1S/C26H22N2O3S2/c1-26(2,25(30)31)33-20-15-13-18(14-16-20)24-28-21(22(32-24)17-9-5-3-6-10-17)23(29)27-19-11-7-4-8-12-19/h3-16H,1-2H3,(H,27,29)(H,30,31). The van der Waals surface area contributed by atoms with E-state index in [2.05, 4.69) is 5.32 Å². The van der Waals surface area contributed by atoms with Crippen LogP contribution >= 0.6 is 23.1 Å². The number of anilines is 1. The Kier molecular flexibility index (Phi) is 6.62. The molecular formula is C26H22N2O3S2. The number of rotatable bonds is 7. The number of carboxylic acid groups (broad SMARTS) is 1. The van der Waals surface area contributed by atoms with Crippen LogP contribution in [0.25, 0.3) is 21.0 Å². The average Bonchev–Trinajstić information content (AvgIpc) is 3.26. The van der Waals surface area contributed by atoms with Crippen LogP contribution in [0.5, 0.6) is 0 Å². The molecule has 4 rings (SSSR count). The van der Waals surface area contributed by atoms with E-state index in [9.17, 15) is 14.7 Å². The number of carbonyl (C=O) groups excluding carboxylic acids is 1. The second-order valence-electron chi connectivity index (χ2n) is 7.82. The molecule has 1 heterocycles. The van der Waals surface area contributed by atoms with Gasteiger partial charge in [-0.25, -0.2) is 4.98 Å². The van der Waals surface area contributed by atoms with Crippen molar-refractivity contribution in [2.75, 3.05) is 5.32 Å². The fourth-order valence-corrected chi connectivity index (χ4v) is 5.12. The molecule has 1 aromatic heterocycles. The number of aromatic nitrogens is 1. The quantitative estimate of drug-likeness (QED) is 0.292. The molecule has 0 saturated heterocycles. The Morgan fingerprint density at radius 1 is 0.879 bits per heavy atom. The van der Waals surface area contributed by atoms with Gasteiger partial charge in [0.15, 0.2) is 0 Å². The molecule has 0 saturated carbocycles. The minimum Gasteiger partial charge on any atom is -0.480 e. The Balaban J connectivity index is 1.67. The van der Waals surface area contributed by atoms with Gasteiger partial charge in [0.2, 0.25) is 0 Å². The molecule has 3 aromatic carbocycles. The average molecular weight is 475 g/mol. The third kappa shape index (κ3) is 5.32. The smallest absolute Gasteiger partial charge is 0.319 e. The third-order valence-corrected chi connectivity index (χ3v) is 7.25. The highest BCUT2D eigenvalue weighted by molar-refractivity contribution is 8.01. The van der Waals surface area contributed by atoms with Gasteiger partial charge in [-0.15, -0.1) is 23.1 Å². The number of benzene rings is 3. The molecule has 0 fully saturated rings. The van der Waals surface area contributed by atoms with Gasteiger partial charge in [0.1, 0.15) is 15.4 Å². The molecule has 0 unspecified atom stereocenters. The van der Waals surface area contributed by atoms with Gasteiger partial charge in [-0.05, 0) is 43.7 Å². The Morgan fingerprint density at radius 3 is 2.09 bits per heavy atom. The first-order chi connectivity index (χ1) is 15.8. The Bertz CT molecular complexity index is 1270. The summed E-state index contributed by atoms with van der Waals surface area (Å²) in [6.07, 6.45) is 0. The number of para-hydroxylation sites is 1. The van der Waals surface area contributed by atoms with Gasteiger partial charge in [0, 0.05) is 16.1 Å². The van der Waals surface area contributed by atoms with Crippen LogP contribution in [0.1, 0.15) is 24.3 Å². The summed E-state index contributed by atoms with van der Waals surface area (Å²) in [6.45, 7) is 3.36. The minimum absolute atomic E-state index is 0.266. The number of amides is 1. The molecule has 0 spiro atoms. The fourth-order valence-electron chi connectivity index (χ4n) is 3.10. The summed E-state index contributed by atoms with van der Waals surface area (Å²) >= 11 is 2.74. The lowest BCUT2D eigenvalue weighted by molar-refractivity contribution is -0.138. The number of nitrogens with one attached hydrogen (secondary N) is 1. The second-order valence-corrected chi connectivity index (χ2v) is 10.5. The molecular weight excluding hydrogens is 452 g/mol. The topological polar surface area (TPSA) is 79.3 Å². The SMILES string of the molecule is CC(C)(Sc1ccc(-c2nc(C(=O)Nc3ccccc3)c(-c3ccccc3)s2)cc1)C(=O)O. The highest BCUT2D eigenvalue weighted by atomic mass is 32.2. The molecule has 0 bridgehead atoms. The van der Waals surface area contributed by atoms with Crippen molar-refractivity contribution in [3.8, 4) is 21.0 Å². The fraction of sp³-hybridized carbons (Fsp3) is 0.115. The number of carbonyl (C=O) groups is 2. The molecule has 0 aliphatic carbocycles. The first-order valence-corrected chi connectivity index (χ1v) is 11.9. The number of aliphatic carboxylic acids is 1. The molecule has 5 nitrogen and oxygen atoms in total. The lowest BCUT2D eigenvalue weighted by Gasteiger charge is -2.18. The maximum atomic E-state index is 13.1. The van der Waals surface area contributed by atoms with Crippen molar-refractivity contribution in [3.05, 3.63) is 90.6 Å². The van der Waals surface area contributed by atoms with Crippen molar-refractivity contribution in [3.63, 3.8) is 0 Å². The van der Waals surface area contributed by atoms with E-state index in [0.717, 1.165) is 25.9 Å². The van der Waals surface area contributed by atoms with Gasteiger partial charge in [0.25, 0.3) is 5.91 Å². The molecule has 0 radical (unpaired) electrons. The molecule has 166 valence electrons. The number of thiazole rings is 1. The lowest BCUT2D eigenvalue weighted by atomic mass is 10.1. The van der Waals surface area contributed by atoms with Crippen molar-refractivity contribution in [2.24, 2.45) is 0 Å². The summed E-state index contributed by atoms with van der Waals surface area (Å²) in [5.41, 5.74) is 2.87. The number of nitrogens with zero attached hydrogens (tertiary/aromatic N) is 1. The van der Waals surface area contributed by atoms with Gasteiger partial charge in [-0.2, -0.15) is 0 Å². The van der Waals surface area contributed by atoms with Crippen LogP contribution in [-0.4, -0.2) is 26.7 Å².